The molecule has 0 aliphatic carbocycles. The maximum atomic E-state index is 12.6. The molecule has 0 radical (unpaired) electrons. The summed E-state index contributed by atoms with van der Waals surface area (Å²) in [6.45, 7) is 0. The third kappa shape index (κ3) is 1.36. The fourth-order valence-corrected chi connectivity index (χ4v) is 2.72. The Balaban J connectivity index is 2.39. The van der Waals surface area contributed by atoms with Gasteiger partial charge in [0, 0.05) is 10.9 Å². The highest BCUT2D eigenvalue weighted by Crippen LogP contribution is 2.28. The van der Waals surface area contributed by atoms with E-state index in [0.29, 0.717) is 27.1 Å². The van der Waals surface area contributed by atoms with Crippen molar-refractivity contribution >= 4 is 44.6 Å². The molecule has 0 atom stereocenters. The molecule has 4 aromatic rings. The van der Waals surface area contributed by atoms with Crippen molar-refractivity contribution in [3.05, 3.63) is 57.7 Å². The zero-order valence-electron chi connectivity index (χ0n) is 9.74. The van der Waals surface area contributed by atoms with E-state index >= 15 is 0 Å². The monoisotopic (exact) mass is 269 g/mol. The predicted molar refractivity (Wildman–Crippen MR) is 76.9 cm³/mol. The van der Waals surface area contributed by atoms with Crippen LogP contribution in [0.3, 0.4) is 0 Å². The Morgan fingerprint density at radius 3 is 2.74 bits per heavy atom. The second-order valence-electron chi connectivity index (χ2n) is 4.42. The van der Waals surface area contributed by atoms with Crippen LogP contribution in [-0.2, 0) is 0 Å². The molecule has 0 bridgehead atoms. The average molecular weight is 270 g/mol. The molecule has 0 aliphatic rings. The summed E-state index contributed by atoms with van der Waals surface area (Å²) in [7, 11) is 0. The number of hydrogen-bond acceptors (Lipinski definition) is 2. The van der Waals surface area contributed by atoms with Crippen LogP contribution in [0.4, 0.5) is 0 Å². The van der Waals surface area contributed by atoms with E-state index < -0.39 is 0 Å². The molecule has 4 rings (SSSR count). The normalized spacial score (nSPS) is 11.6. The van der Waals surface area contributed by atoms with Crippen LogP contribution in [0, 0.1) is 0 Å². The average Bonchev–Trinajstić information content (AvgIpc) is 2.77. The van der Waals surface area contributed by atoms with E-state index in [1.807, 2.05) is 24.3 Å². The van der Waals surface area contributed by atoms with Crippen molar-refractivity contribution in [3.63, 3.8) is 0 Å². The highest BCUT2D eigenvalue weighted by Gasteiger charge is 2.14. The first kappa shape index (κ1) is 10.6. The number of benzene rings is 2. The minimum absolute atomic E-state index is 0.0979. The number of aromatic amines is 1. The Morgan fingerprint density at radius 2 is 1.84 bits per heavy atom. The van der Waals surface area contributed by atoms with Crippen LogP contribution in [0.1, 0.15) is 0 Å². The Kier molecular flexibility index (Phi) is 2.03. The summed E-state index contributed by atoms with van der Waals surface area (Å²) in [4.78, 5) is 15.7. The first-order chi connectivity index (χ1) is 9.25. The third-order valence-electron chi connectivity index (χ3n) is 3.31. The lowest BCUT2D eigenvalue weighted by atomic mass is 10.1. The first-order valence-electron chi connectivity index (χ1n) is 5.87. The molecule has 2 heterocycles. The van der Waals surface area contributed by atoms with Crippen LogP contribution in [0.5, 0.6) is 0 Å². The van der Waals surface area contributed by atoms with E-state index in [-0.39, 0.29) is 5.43 Å². The number of para-hydroxylation sites is 1. The standard InChI is InChI=1S/C15H8ClNO2/c16-9-5-3-7-11-13(9)14(18)12-8-4-1-2-6-10(8)17-15(12)19-11/h1-7,17H. The molecule has 0 saturated heterocycles. The van der Waals surface area contributed by atoms with Crippen LogP contribution >= 0.6 is 11.6 Å². The predicted octanol–water partition coefficient (Wildman–Crippen LogP) is 4.08. The minimum atomic E-state index is -0.0979. The van der Waals surface area contributed by atoms with Gasteiger partial charge in [0.1, 0.15) is 5.58 Å². The lowest BCUT2D eigenvalue weighted by molar-refractivity contribution is 0.648. The van der Waals surface area contributed by atoms with Crippen molar-refractivity contribution in [3.8, 4) is 0 Å². The highest BCUT2D eigenvalue weighted by atomic mass is 35.5. The van der Waals surface area contributed by atoms with Gasteiger partial charge in [-0.05, 0) is 18.2 Å². The molecule has 3 nitrogen and oxygen atoms in total. The van der Waals surface area contributed by atoms with Gasteiger partial charge in [-0.1, -0.05) is 35.9 Å². The van der Waals surface area contributed by atoms with Gasteiger partial charge in [-0.2, -0.15) is 0 Å². The van der Waals surface area contributed by atoms with E-state index in [1.54, 1.807) is 18.2 Å². The Hall–Kier alpha value is -2.26. The quantitative estimate of drug-likeness (QED) is 0.523. The maximum absolute atomic E-state index is 12.6. The smallest absolute Gasteiger partial charge is 0.209 e. The molecule has 0 unspecified atom stereocenters. The zero-order chi connectivity index (χ0) is 13.0. The van der Waals surface area contributed by atoms with Gasteiger partial charge >= 0.3 is 0 Å². The molecule has 0 amide bonds. The molecular formula is C15H8ClNO2. The fourth-order valence-electron chi connectivity index (χ4n) is 2.46. The van der Waals surface area contributed by atoms with Gasteiger partial charge in [0.05, 0.1) is 15.8 Å². The third-order valence-corrected chi connectivity index (χ3v) is 3.63. The number of rotatable bonds is 0. The zero-order valence-corrected chi connectivity index (χ0v) is 10.5. The summed E-state index contributed by atoms with van der Waals surface area (Å²) in [5, 5.41) is 2.25. The fraction of sp³-hybridized carbons (Fsp3) is 0. The first-order valence-corrected chi connectivity index (χ1v) is 6.25. The number of fused-ring (bicyclic) bond motifs is 4. The molecule has 0 spiro atoms. The van der Waals surface area contributed by atoms with Crippen LogP contribution < -0.4 is 5.43 Å². The highest BCUT2D eigenvalue weighted by molar-refractivity contribution is 6.35. The van der Waals surface area contributed by atoms with E-state index in [1.165, 1.54) is 0 Å². The summed E-state index contributed by atoms with van der Waals surface area (Å²) in [5.41, 5.74) is 1.77. The van der Waals surface area contributed by atoms with Gasteiger partial charge < -0.3 is 9.40 Å². The lowest BCUT2D eigenvalue weighted by Crippen LogP contribution is -2.01. The maximum Gasteiger partial charge on any atom is 0.209 e. The van der Waals surface area contributed by atoms with Crippen LogP contribution in [0.15, 0.2) is 51.7 Å². The molecule has 0 fully saturated rings. The van der Waals surface area contributed by atoms with Crippen molar-refractivity contribution in [1.82, 2.24) is 4.98 Å². The Morgan fingerprint density at radius 1 is 1.00 bits per heavy atom. The molecule has 2 aromatic carbocycles. The summed E-state index contributed by atoms with van der Waals surface area (Å²) >= 11 is 6.11. The SMILES string of the molecule is O=c1c2c(Cl)cccc2oc2[nH]c3ccccc3c12. The number of nitrogens with one attached hydrogen (secondary N) is 1. The largest absolute Gasteiger partial charge is 0.439 e. The summed E-state index contributed by atoms with van der Waals surface area (Å²) < 4.78 is 5.75. The Bertz CT molecular complexity index is 997. The van der Waals surface area contributed by atoms with E-state index in [0.717, 1.165) is 10.9 Å². The van der Waals surface area contributed by atoms with Crippen LogP contribution in [-0.4, -0.2) is 4.98 Å². The van der Waals surface area contributed by atoms with E-state index in [2.05, 4.69) is 4.98 Å². The summed E-state index contributed by atoms with van der Waals surface area (Å²) in [6, 6.07) is 12.8. The molecule has 4 heteroatoms. The molecule has 0 saturated carbocycles. The topological polar surface area (TPSA) is 46.0 Å². The summed E-state index contributed by atoms with van der Waals surface area (Å²) in [6.07, 6.45) is 0. The minimum Gasteiger partial charge on any atom is -0.439 e. The Labute approximate surface area is 112 Å². The van der Waals surface area contributed by atoms with E-state index in [4.69, 9.17) is 16.0 Å². The van der Waals surface area contributed by atoms with Gasteiger partial charge in [-0.25, -0.2) is 0 Å². The van der Waals surface area contributed by atoms with Crippen LogP contribution in [0.2, 0.25) is 5.02 Å². The van der Waals surface area contributed by atoms with Gasteiger partial charge in [0.15, 0.2) is 0 Å². The molecule has 19 heavy (non-hydrogen) atoms. The van der Waals surface area contributed by atoms with Gasteiger partial charge in [0.2, 0.25) is 11.1 Å². The van der Waals surface area contributed by atoms with Gasteiger partial charge in [0.25, 0.3) is 0 Å². The number of hydrogen-bond donors (Lipinski definition) is 1. The second kappa shape index (κ2) is 3.62. The van der Waals surface area contributed by atoms with Crippen molar-refractivity contribution in [2.24, 2.45) is 0 Å². The van der Waals surface area contributed by atoms with Crippen LogP contribution in [0.25, 0.3) is 33.0 Å². The van der Waals surface area contributed by atoms with Gasteiger partial charge in [-0.15, -0.1) is 0 Å². The molecule has 1 N–H and O–H groups in total. The summed E-state index contributed by atoms with van der Waals surface area (Å²) in [5.74, 6) is 0. The van der Waals surface area contributed by atoms with Gasteiger partial charge in [-0.3, -0.25) is 4.79 Å². The molecule has 92 valence electrons. The van der Waals surface area contributed by atoms with Crippen molar-refractivity contribution in [1.29, 1.82) is 0 Å². The second-order valence-corrected chi connectivity index (χ2v) is 4.83. The van der Waals surface area contributed by atoms with E-state index in [9.17, 15) is 4.79 Å². The molecule has 0 aliphatic heterocycles. The lowest BCUT2D eigenvalue weighted by Gasteiger charge is -1.99. The molecule has 2 aromatic heterocycles. The molecular weight excluding hydrogens is 262 g/mol. The van der Waals surface area contributed by atoms with Crippen molar-refractivity contribution < 1.29 is 4.42 Å². The number of aromatic nitrogens is 1. The van der Waals surface area contributed by atoms with Crippen molar-refractivity contribution in [2.75, 3.05) is 0 Å². The number of halogens is 1. The number of H-pyrrole nitrogens is 1. The van der Waals surface area contributed by atoms with Crippen molar-refractivity contribution in [2.45, 2.75) is 0 Å².